The van der Waals surface area contributed by atoms with Crippen LogP contribution >= 0.6 is 0 Å². The zero-order valence-corrected chi connectivity index (χ0v) is 20.5. The van der Waals surface area contributed by atoms with Gasteiger partial charge >= 0.3 is 0 Å². The highest BCUT2D eigenvalue weighted by Gasteiger charge is 2.14. The predicted molar refractivity (Wildman–Crippen MR) is 145 cm³/mol. The van der Waals surface area contributed by atoms with Crippen LogP contribution in [-0.4, -0.2) is 32.0 Å². The predicted octanol–water partition coefficient (Wildman–Crippen LogP) is 4.70. The van der Waals surface area contributed by atoms with E-state index in [9.17, 15) is 18.4 Å². The molecule has 0 atom stereocenters. The molecule has 0 spiro atoms. The summed E-state index contributed by atoms with van der Waals surface area (Å²) in [5.41, 5.74) is 2.00. The first-order valence-corrected chi connectivity index (χ1v) is 12.0. The lowest BCUT2D eigenvalue weighted by molar-refractivity contribution is 0.0950. The molecule has 1 amide bonds. The number of fused-ring (bicyclic) bond motifs is 1. The number of rotatable bonds is 8. The maximum atomic E-state index is 13.5. The van der Waals surface area contributed by atoms with Crippen molar-refractivity contribution in [3.63, 3.8) is 0 Å². The molecular weight excluding hydrogens is 502 g/mol. The summed E-state index contributed by atoms with van der Waals surface area (Å²) in [5.74, 6) is -2.13. The minimum absolute atomic E-state index is 0.0335. The van der Waals surface area contributed by atoms with E-state index in [1.165, 1.54) is 23.0 Å². The quantitative estimate of drug-likeness (QED) is 0.305. The van der Waals surface area contributed by atoms with Gasteiger partial charge in [-0.1, -0.05) is 42.5 Å². The maximum absolute atomic E-state index is 13.5. The molecule has 0 saturated carbocycles. The Morgan fingerprint density at radius 2 is 1.82 bits per heavy atom. The van der Waals surface area contributed by atoms with Gasteiger partial charge in [-0.2, -0.15) is 0 Å². The molecule has 0 unspecified atom stereocenters. The van der Waals surface area contributed by atoms with Gasteiger partial charge in [0.05, 0.1) is 12.1 Å². The van der Waals surface area contributed by atoms with Crippen LogP contribution in [0, 0.1) is 11.6 Å². The number of hydrogen-bond donors (Lipinski definition) is 2. The Morgan fingerprint density at radius 3 is 2.64 bits per heavy atom. The van der Waals surface area contributed by atoms with E-state index < -0.39 is 23.1 Å². The Morgan fingerprint density at radius 1 is 0.974 bits per heavy atom. The van der Waals surface area contributed by atoms with Crippen LogP contribution in [0.3, 0.4) is 0 Å². The summed E-state index contributed by atoms with van der Waals surface area (Å²) in [6.45, 7) is 0.126. The number of para-hydroxylation sites is 1. The lowest BCUT2D eigenvalue weighted by atomic mass is 10.1. The van der Waals surface area contributed by atoms with Crippen LogP contribution in [0.15, 0.2) is 96.2 Å². The average Bonchev–Trinajstić information content (AvgIpc) is 2.94. The van der Waals surface area contributed by atoms with E-state index >= 15 is 0 Å². The molecule has 8 nitrogen and oxygen atoms in total. The summed E-state index contributed by atoms with van der Waals surface area (Å²) >= 11 is 0. The highest BCUT2D eigenvalue weighted by atomic mass is 19.2. The number of amides is 1. The molecule has 3 aromatic carbocycles. The number of halogens is 2. The largest absolute Gasteiger partial charge is 0.347 e. The van der Waals surface area contributed by atoms with E-state index in [2.05, 4.69) is 25.6 Å². The summed E-state index contributed by atoms with van der Waals surface area (Å²) in [6, 6.07) is 18.7. The van der Waals surface area contributed by atoms with Crippen molar-refractivity contribution < 1.29 is 13.6 Å². The maximum Gasteiger partial charge on any atom is 0.282 e. The van der Waals surface area contributed by atoms with Crippen molar-refractivity contribution in [2.24, 2.45) is 0 Å². The molecule has 0 aliphatic heterocycles. The van der Waals surface area contributed by atoms with E-state index in [-0.39, 0.29) is 18.8 Å². The Balaban J connectivity index is 1.20. The summed E-state index contributed by atoms with van der Waals surface area (Å²) < 4.78 is 27.9. The number of benzene rings is 3. The number of nitrogens with zero attached hydrogens (tertiary/aromatic N) is 4. The molecule has 5 aromatic rings. The first-order valence-electron chi connectivity index (χ1n) is 12.0. The minimum atomic E-state index is -1.01. The van der Waals surface area contributed by atoms with Gasteiger partial charge in [-0.15, -0.1) is 0 Å². The van der Waals surface area contributed by atoms with Crippen molar-refractivity contribution in [3.8, 4) is 0 Å². The summed E-state index contributed by atoms with van der Waals surface area (Å²) in [5, 5.41) is 6.66. The molecule has 0 saturated heterocycles. The molecule has 10 heteroatoms. The van der Waals surface area contributed by atoms with Crippen LogP contribution in [0.1, 0.15) is 21.6 Å². The number of carbonyl (C=O) groups excluding carboxylic acids is 1. The van der Waals surface area contributed by atoms with Gasteiger partial charge in [-0.3, -0.25) is 9.59 Å². The lowest BCUT2D eigenvalue weighted by Crippen LogP contribution is -2.34. The van der Waals surface area contributed by atoms with Gasteiger partial charge in [0.15, 0.2) is 17.3 Å². The number of hydrogen-bond acceptors (Lipinski definition) is 6. The Labute approximate surface area is 221 Å². The van der Waals surface area contributed by atoms with E-state index in [1.807, 2.05) is 54.6 Å². The lowest BCUT2D eigenvalue weighted by Gasteiger charge is -2.08. The second kappa shape index (κ2) is 11.4. The molecular formula is C29H22F2N6O2. The molecule has 0 radical (unpaired) electrons. The third kappa shape index (κ3) is 6.19. The normalized spacial score (nSPS) is 11.1. The highest BCUT2D eigenvalue weighted by molar-refractivity contribution is 5.92. The standard InChI is InChI=1S/C29H22F2N6O2/c30-23-10-8-20(16-24(23)31)18-37-14-13-32-26(28(37)39)27(38)33-12-4-5-19-9-11-25-21(15-19)17-34-29(36-25)35-22-6-2-1-3-7-22/h1-11,13-17H,12,18H2,(H,33,38)(H,34,35,36). The molecule has 0 fully saturated rings. The molecule has 0 aliphatic carbocycles. The molecule has 194 valence electrons. The molecule has 39 heavy (non-hydrogen) atoms. The zero-order valence-electron chi connectivity index (χ0n) is 20.5. The summed E-state index contributed by atoms with van der Waals surface area (Å²) in [4.78, 5) is 38.1. The van der Waals surface area contributed by atoms with E-state index in [0.29, 0.717) is 11.5 Å². The molecule has 0 aliphatic rings. The molecule has 2 aromatic heterocycles. The fourth-order valence-corrected chi connectivity index (χ4v) is 3.86. The topological polar surface area (TPSA) is 102 Å². The number of carbonyl (C=O) groups is 1. The van der Waals surface area contributed by atoms with Crippen molar-refractivity contribution in [2.45, 2.75) is 6.54 Å². The summed E-state index contributed by atoms with van der Waals surface area (Å²) in [6.07, 6.45) is 8.00. The SMILES string of the molecule is O=C(NCC=Cc1ccc2nc(Nc3ccccc3)ncc2c1)c1nccn(Cc2ccc(F)c(F)c2)c1=O. The monoisotopic (exact) mass is 524 g/mol. The Hall–Kier alpha value is -5.25. The Kier molecular flexibility index (Phi) is 7.44. The van der Waals surface area contributed by atoms with Crippen LogP contribution in [0.25, 0.3) is 17.0 Å². The fraction of sp³-hybridized carbons (Fsp3) is 0.0690. The number of aromatic nitrogens is 4. The van der Waals surface area contributed by atoms with Gasteiger partial charge in [-0.25, -0.2) is 23.7 Å². The van der Waals surface area contributed by atoms with Crippen LogP contribution in [0.5, 0.6) is 0 Å². The number of anilines is 2. The smallest absolute Gasteiger partial charge is 0.282 e. The second-order valence-corrected chi connectivity index (χ2v) is 8.57. The van der Waals surface area contributed by atoms with Crippen molar-refractivity contribution in [1.82, 2.24) is 24.8 Å². The van der Waals surface area contributed by atoms with Gasteiger partial charge in [0.2, 0.25) is 5.95 Å². The van der Waals surface area contributed by atoms with Gasteiger partial charge in [0, 0.05) is 36.2 Å². The summed E-state index contributed by atoms with van der Waals surface area (Å²) in [7, 11) is 0. The van der Waals surface area contributed by atoms with Crippen molar-refractivity contribution >= 4 is 34.5 Å². The first kappa shape index (κ1) is 25.4. The number of nitrogens with one attached hydrogen (secondary N) is 2. The zero-order chi connectivity index (χ0) is 27.2. The highest BCUT2D eigenvalue weighted by Crippen LogP contribution is 2.18. The van der Waals surface area contributed by atoms with Gasteiger partial charge in [0.25, 0.3) is 11.5 Å². The van der Waals surface area contributed by atoms with Gasteiger partial charge < -0.3 is 15.2 Å². The van der Waals surface area contributed by atoms with Gasteiger partial charge in [-0.05, 0) is 47.5 Å². The second-order valence-electron chi connectivity index (χ2n) is 8.57. The van der Waals surface area contributed by atoms with Crippen molar-refractivity contribution in [3.05, 3.63) is 130 Å². The van der Waals surface area contributed by atoms with Crippen molar-refractivity contribution in [1.29, 1.82) is 0 Å². The minimum Gasteiger partial charge on any atom is -0.347 e. The fourth-order valence-electron chi connectivity index (χ4n) is 3.86. The third-order valence-electron chi connectivity index (χ3n) is 5.79. The van der Waals surface area contributed by atoms with Crippen LogP contribution in [-0.2, 0) is 6.54 Å². The van der Waals surface area contributed by atoms with E-state index in [4.69, 9.17) is 0 Å². The first-order chi connectivity index (χ1) is 19.0. The van der Waals surface area contributed by atoms with Crippen LogP contribution in [0.4, 0.5) is 20.4 Å². The molecule has 0 bridgehead atoms. The van der Waals surface area contributed by atoms with Crippen LogP contribution in [0.2, 0.25) is 0 Å². The van der Waals surface area contributed by atoms with E-state index in [0.717, 1.165) is 34.3 Å². The van der Waals surface area contributed by atoms with Gasteiger partial charge in [0.1, 0.15) is 0 Å². The molecule has 2 N–H and O–H groups in total. The average molecular weight is 525 g/mol. The molecule has 2 heterocycles. The van der Waals surface area contributed by atoms with Crippen molar-refractivity contribution in [2.75, 3.05) is 11.9 Å². The van der Waals surface area contributed by atoms with Crippen LogP contribution < -0.4 is 16.2 Å². The third-order valence-corrected chi connectivity index (χ3v) is 5.79. The van der Waals surface area contributed by atoms with E-state index in [1.54, 1.807) is 12.3 Å². The Bertz CT molecular complexity index is 1740. The molecule has 5 rings (SSSR count).